The van der Waals surface area contributed by atoms with Crippen LogP contribution in [0.25, 0.3) is 5.70 Å². The molecule has 0 spiro atoms. The second-order valence-corrected chi connectivity index (χ2v) is 7.82. The van der Waals surface area contributed by atoms with Crippen molar-refractivity contribution in [3.8, 4) is 5.75 Å². The lowest BCUT2D eigenvalue weighted by atomic mass is 10.0. The van der Waals surface area contributed by atoms with E-state index in [1.807, 2.05) is 30.3 Å². The summed E-state index contributed by atoms with van der Waals surface area (Å²) in [6.07, 6.45) is 2.12. The molecule has 0 aliphatic carbocycles. The molecule has 33 heavy (non-hydrogen) atoms. The van der Waals surface area contributed by atoms with Crippen molar-refractivity contribution in [2.45, 2.75) is 13.0 Å². The lowest BCUT2D eigenvalue weighted by Crippen LogP contribution is -2.20. The zero-order valence-electron chi connectivity index (χ0n) is 18.3. The van der Waals surface area contributed by atoms with Crippen molar-refractivity contribution in [2.75, 3.05) is 17.7 Å². The first-order chi connectivity index (χ1) is 16.1. The maximum atomic E-state index is 12.8. The quantitative estimate of drug-likeness (QED) is 0.464. The maximum absolute atomic E-state index is 12.8. The minimum absolute atomic E-state index is 0.174. The Kier molecular flexibility index (Phi) is 5.36. The Bertz CT molecular complexity index is 1330. The minimum Gasteiger partial charge on any atom is -0.497 e. The van der Waals surface area contributed by atoms with Crippen LogP contribution < -0.4 is 15.4 Å². The number of nitrogens with one attached hydrogen (secondary N) is 2. The highest BCUT2D eigenvalue weighted by Gasteiger charge is 2.26. The first-order valence-corrected chi connectivity index (χ1v) is 10.6. The minimum atomic E-state index is -0.306. The van der Waals surface area contributed by atoms with Crippen LogP contribution in [-0.2, 0) is 0 Å². The molecule has 0 saturated heterocycles. The molecular formula is C26H23N5O2. The average molecular weight is 438 g/mol. The van der Waals surface area contributed by atoms with Gasteiger partial charge in [0.05, 0.1) is 7.11 Å². The van der Waals surface area contributed by atoms with Gasteiger partial charge in [-0.25, -0.2) is 4.68 Å². The molecule has 2 N–H and O–H groups in total. The number of carbonyl (C=O) groups excluding carboxylic acids is 1. The molecule has 3 aromatic carbocycles. The van der Waals surface area contributed by atoms with E-state index in [0.29, 0.717) is 17.3 Å². The molecule has 4 aromatic rings. The molecule has 1 amide bonds. The summed E-state index contributed by atoms with van der Waals surface area (Å²) in [4.78, 5) is 17.3. The fraction of sp³-hybridized carbons (Fsp3) is 0.115. The van der Waals surface area contributed by atoms with E-state index in [2.05, 4.69) is 58.0 Å². The molecule has 0 radical (unpaired) electrons. The van der Waals surface area contributed by atoms with E-state index in [1.54, 1.807) is 36.1 Å². The van der Waals surface area contributed by atoms with Crippen LogP contribution in [0.5, 0.6) is 5.75 Å². The van der Waals surface area contributed by atoms with E-state index < -0.39 is 0 Å². The van der Waals surface area contributed by atoms with Gasteiger partial charge in [0.15, 0.2) is 0 Å². The Morgan fingerprint density at radius 2 is 1.82 bits per heavy atom. The molecule has 0 bridgehead atoms. The Hall–Kier alpha value is -4.39. The van der Waals surface area contributed by atoms with Crippen LogP contribution in [0.15, 0.2) is 84.9 Å². The molecule has 0 saturated carbocycles. The summed E-state index contributed by atoms with van der Waals surface area (Å²) in [5, 5.41) is 10.8. The smallest absolute Gasteiger partial charge is 0.258 e. The van der Waals surface area contributed by atoms with Gasteiger partial charge in [0.25, 0.3) is 11.9 Å². The largest absolute Gasteiger partial charge is 0.497 e. The van der Waals surface area contributed by atoms with Crippen molar-refractivity contribution < 1.29 is 9.53 Å². The molecule has 0 fully saturated rings. The summed E-state index contributed by atoms with van der Waals surface area (Å²) in [5.41, 5.74) is 4.71. The van der Waals surface area contributed by atoms with Crippen LogP contribution >= 0.6 is 0 Å². The van der Waals surface area contributed by atoms with Crippen molar-refractivity contribution >= 4 is 23.5 Å². The predicted molar refractivity (Wildman–Crippen MR) is 128 cm³/mol. The zero-order valence-corrected chi connectivity index (χ0v) is 18.3. The molecule has 2 heterocycles. The van der Waals surface area contributed by atoms with E-state index in [9.17, 15) is 4.79 Å². The number of methoxy groups -OCH3 is 1. The standard InChI is InChI=1S/C26H23N5O2/c1-17-11-13-19(14-12-17)23-16-22(18-7-4-3-5-8-18)27-26-29-25(30-31(23)26)28-24(32)20-9-6-10-21(15-20)33-2/h3-16,23H,1-2H3,(H2,27,28,29,30,32)/t23-/m1/s1. The molecule has 5 rings (SSSR count). The van der Waals surface area contributed by atoms with Gasteiger partial charge < -0.3 is 10.1 Å². The molecule has 1 aliphatic heterocycles. The number of carbonyl (C=O) groups is 1. The number of amides is 1. The first-order valence-electron chi connectivity index (χ1n) is 10.6. The van der Waals surface area contributed by atoms with E-state index in [1.165, 1.54) is 5.56 Å². The SMILES string of the molecule is COc1cccc(C(=O)Nc2nc3n(n2)[C@@H](c2ccc(C)cc2)C=C(c2ccccc2)N3)c1. The summed E-state index contributed by atoms with van der Waals surface area (Å²) in [7, 11) is 1.57. The molecule has 1 atom stereocenters. The Morgan fingerprint density at radius 3 is 2.58 bits per heavy atom. The third-order valence-corrected chi connectivity index (χ3v) is 5.53. The van der Waals surface area contributed by atoms with E-state index >= 15 is 0 Å². The number of hydrogen-bond donors (Lipinski definition) is 2. The molecule has 1 aromatic heterocycles. The summed E-state index contributed by atoms with van der Waals surface area (Å²) < 4.78 is 7.00. The molecule has 1 aliphatic rings. The van der Waals surface area contributed by atoms with Gasteiger partial charge in [-0.15, -0.1) is 5.10 Å². The summed E-state index contributed by atoms with van der Waals surface area (Å²) >= 11 is 0. The van der Waals surface area contributed by atoms with Crippen LogP contribution in [0.1, 0.15) is 33.1 Å². The van der Waals surface area contributed by atoms with Crippen molar-refractivity contribution in [2.24, 2.45) is 0 Å². The van der Waals surface area contributed by atoms with Crippen LogP contribution in [0, 0.1) is 6.92 Å². The number of nitrogens with zero attached hydrogens (tertiary/aromatic N) is 3. The fourth-order valence-corrected chi connectivity index (χ4v) is 3.77. The summed E-state index contributed by atoms with van der Waals surface area (Å²) in [5.74, 6) is 1.09. The topological polar surface area (TPSA) is 81.1 Å². The average Bonchev–Trinajstić information content (AvgIpc) is 3.27. The molecule has 7 nitrogen and oxygen atoms in total. The van der Waals surface area contributed by atoms with Crippen molar-refractivity contribution in [1.29, 1.82) is 0 Å². The van der Waals surface area contributed by atoms with Crippen LogP contribution in [0.3, 0.4) is 0 Å². The van der Waals surface area contributed by atoms with Gasteiger partial charge in [-0.1, -0.05) is 66.2 Å². The van der Waals surface area contributed by atoms with E-state index in [0.717, 1.165) is 16.8 Å². The predicted octanol–water partition coefficient (Wildman–Crippen LogP) is 4.90. The van der Waals surface area contributed by atoms with Gasteiger partial charge in [-0.2, -0.15) is 4.98 Å². The van der Waals surface area contributed by atoms with Crippen molar-refractivity contribution in [1.82, 2.24) is 14.8 Å². The van der Waals surface area contributed by atoms with Gasteiger partial charge in [-0.05, 0) is 42.3 Å². The van der Waals surface area contributed by atoms with Crippen molar-refractivity contribution in [3.05, 3.63) is 107 Å². The monoisotopic (exact) mass is 437 g/mol. The number of aryl methyl sites for hydroxylation is 1. The van der Waals surface area contributed by atoms with E-state index in [4.69, 9.17) is 4.74 Å². The molecular weight excluding hydrogens is 414 g/mol. The lowest BCUT2D eigenvalue weighted by Gasteiger charge is -2.24. The highest BCUT2D eigenvalue weighted by atomic mass is 16.5. The molecule has 0 unspecified atom stereocenters. The lowest BCUT2D eigenvalue weighted by molar-refractivity contribution is 0.102. The van der Waals surface area contributed by atoms with Crippen LogP contribution in [-0.4, -0.2) is 27.8 Å². The Balaban J connectivity index is 1.49. The van der Waals surface area contributed by atoms with Crippen molar-refractivity contribution in [3.63, 3.8) is 0 Å². The zero-order chi connectivity index (χ0) is 22.8. The number of aromatic nitrogens is 3. The van der Waals surface area contributed by atoms with Crippen LogP contribution in [0.4, 0.5) is 11.9 Å². The first kappa shape index (κ1) is 20.5. The van der Waals surface area contributed by atoms with Gasteiger partial charge in [0.1, 0.15) is 11.8 Å². The van der Waals surface area contributed by atoms with Gasteiger partial charge in [0.2, 0.25) is 5.95 Å². The number of rotatable bonds is 5. The normalized spacial score (nSPS) is 14.6. The van der Waals surface area contributed by atoms with Crippen LogP contribution in [0.2, 0.25) is 0 Å². The summed E-state index contributed by atoms with van der Waals surface area (Å²) in [6, 6.07) is 25.2. The number of allylic oxidation sites excluding steroid dienone is 1. The number of anilines is 2. The maximum Gasteiger partial charge on any atom is 0.258 e. The highest BCUT2D eigenvalue weighted by molar-refractivity contribution is 6.03. The second-order valence-electron chi connectivity index (χ2n) is 7.82. The number of fused-ring (bicyclic) bond motifs is 1. The fourth-order valence-electron chi connectivity index (χ4n) is 3.77. The number of ether oxygens (including phenoxy) is 1. The third-order valence-electron chi connectivity index (χ3n) is 5.53. The highest BCUT2D eigenvalue weighted by Crippen LogP contribution is 2.33. The Labute approximate surface area is 191 Å². The third kappa shape index (κ3) is 4.21. The van der Waals surface area contributed by atoms with Gasteiger partial charge in [0, 0.05) is 11.3 Å². The van der Waals surface area contributed by atoms with Gasteiger partial charge >= 0.3 is 0 Å². The Morgan fingerprint density at radius 1 is 1.03 bits per heavy atom. The van der Waals surface area contributed by atoms with E-state index in [-0.39, 0.29) is 17.9 Å². The number of benzene rings is 3. The second kappa shape index (κ2) is 8.63. The van der Waals surface area contributed by atoms with Gasteiger partial charge in [-0.3, -0.25) is 10.1 Å². The summed E-state index contributed by atoms with van der Waals surface area (Å²) in [6.45, 7) is 2.06. The molecule has 164 valence electrons. The number of hydrogen-bond acceptors (Lipinski definition) is 5. The molecule has 7 heteroatoms.